The van der Waals surface area contributed by atoms with Gasteiger partial charge in [-0.15, -0.1) is 0 Å². The van der Waals surface area contributed by atoms with Gasteiger partial charge in [0.15, 0.2) is 6.10 Å². The summed E-state index contributed by atoms with van der Waals surface area (Å²) in [5.41, 5.74) is 5.35. The van der Waals surface area contributed by atoms with E-state index in [1.54, 1.807) is 0 Å². The Hall–Kier alpha value is -1.25. The molecule has 0 aromatic heterocycles. The summed E-state index contributed by atoms with van der Waals surface area (Å²) in [4.78, 5) is 34.8. The van der Waals surface area contributed by atoms with Gasteiger partial charge in [0.05, 0.1) is 13.2 Å². The van der Waals surface area contributed by atoms with Crippen molar-refractivity contribution < 1.29 is 37.6 Å². The number of phosphoric ester groups is 1. The first kappa shape index (κ1) is 51.8. The number of phosphoric acid groups is 1. The minimum Gasteiger partial charge on any atom is -0.462 e. The van der Waals surface area contributed by atoms with Crippen molar-refractivity contribution in [1.29, 1.82) is 0 Å². The lowest BCUT2D eigenvalue weighted by atomic mass is 10.0. The third-order valence-corrected chi connectivity index (χ3v) is 10.6. The molecule has 1 unspecified atom stereocenters. The first-order valence-corrected chi connectivity index (χ1v) is 23.7. The van der Waals surface area contributed by atoms with Crippen molar-refractivity contribution in [2.24, 2.45) is 5.73 Å². The molecule has 2 atom stereocenters. The summed E-state index contributed by atoms with van der Waals surface area (Å²) in [6.45, 7) is 3.75. The molecule has 0 rings (SSSR count). The lowest BCUT2D eigenvalue weighted by molar-refractivity contribution is -0.161. The van der Waals surface area contributed by atoms with Gasteiger partial charge in [-0.1, -0.05) is 180 Å². The molecule has 0 radical (unpaired) electrons. The zero-order chi connectivity index (χ0) is 38.9. The molecular weight excluding hydrogens is 689 g/mol. The van der Waals surface area contributed by atoms with Gasteiger partial charge < -0.3 is 20.1 Å². The summed E-state index contributed by atoms with van der Waals surface area (Å²) in [5.74, 6) is -0.823. The van der Waals surface area contributed by atoms with E-state index >= 15 is 0 Å². The fourth-order valence-corrected chi connectivity index (χ4v) is 7.10. The van der Waals surface area contributed by atoms with Crippen LogP contribution in [0, 0.1) is 0 Å². The molecule has 0 aliphatic carbocycles. The van der Waals surface area contributed by atoms with Crippen LogP contribution in [0.15, 0.2) is 12.2 Å². The molecule has 0 saturated heterocycles. The molecule has 0 heterocycles. The first-order chi connectivity index (χ1) is 25.8. The second-order valence-corrected chi connectivity index (χ2v) is 16.4. The summed E-state index contributed by atoms with van der Waals surface area (Å²) in [5, 5.41) is 0. The predicted molar refractivity (Wildman–Crippen MR) is 220 cm³/mol. The number of nitrogens with two attached hydrogens (primary N) is 1. The van der Waals surface area contributed by atoms with E-state index in [2.05, 4.69) is 26.0 Å². The van der Waals surface area contributed by atoms with Crippen LogP contribution in [0.5, 0.6) is 0 Å². The number of rotatable bonds is 42. The van der Waals surface area contributed by atoms with Crippen LogP contribution in [0.2, 0.25) is 0 Å². The molecule has 0 spiro atoms. The molecule has 0 aromatic rings. The Bertz CT molecular complexity index is 886. The molecule has 0 aromatic carbocycles. The minimum atomic E-state index is -4.37. The summed E-state index contributed by atoms with van der Waals surface area (Å²) in [6, 6.07) is 0. The minimum absolute atomic E-state index is 0.0555. The molecule has 0 saturated carbocycles. The highest BCUT2D eigenvalue weighted by Gasteiger charge is 2.26. The van der Waals surface area contributed by atoms with Crippen molar-refractivity contribution in [3.63, 3.8) is 0 Å². The smallest absolute Gasteiger partial charge is 0.462 e. The molecule has 0 aliphatic rings. The Morgan fingerprint density at radius 1 is 0.547 bits per heavy atom. The molecule has 53 heavy (non-hydrogen) atoms. The van der Waals surface area contributed by atoms with Gasteiger partial charge in [-0.3, -0.25) is 18.6 Å². The third-order valence-electron chi connectivity index (χ3n) is 9.65. The maximum atomic E-state index is 12.6. The number of ether oxygens (including phenoxy) is 2. The fraction of sp³-hybridized carbons (Fsp3) is 0.907. The molecule has 0 aliphatic heterocycles. The van der Waals surface area contributed by atoms with E-state index in [0.717, 1.165) is 44.9 Å². The summed E-state index contributed by atoms with van der Waals surface area (Å²) < 4.78 is 32.8. The van der Waals surface area contributed by atoms with Gasteiger partial charge in [0, 0.05) is 19.4 Å². The highest BCUT2D eigenvalue weighted by molar-refractivity contribution is 7.47. The average Bonchev–Trinajstić information content (AvgIpc) is 3.14. The lowest BCUT2D eigenvalue weighted by Crippen LogP contribution is -2.29. The van der Waals surface area contributed by atoms with E-state index < -0.39 is 26.5 Å². The number of carbonyl (C=O) groups excluding carboxylic acids is 2. The number of hydrogen-bond donors (Lipinski definition) is 2. The molecule has 0 amide bonds. The van der Waals surface area contributed by atoms with Gasteiger partial charge in [0.2, 0.25) is 0 Å². The second-order valence-electron chi connectivity index (χ2n) is 14.9. The second kappa shape index (κ2) is 40.4. The quantitative estimate of drug-likeness (QED) is 0.0269. The van der Waals surface area contributed by atoms with Crippen molar-refractivity contribution in [1.82, 2.24) is 0 Å². The van der Waals surface area contributed by atoms with Crippen LogP contribution < -0.4 is 5.73 Å². The maximum absolute atomic E-state index is 12.6. The topological polar surface area (TPSA) is 134 Å². The van der Waals surface area contributed by atoms with Crippen LogP contribution in [0.25, 0.3) is 0 Å². The van der Waals surface area contributed by atoms with E-state index in [1.165, 1.54) is 141 Å². The zero-order valence-corrected chi connectivity index (χ0v) is 35.4. The van der Waals surface area contributed by atoms with E-state index in [9.17, 15) is 19.0 Å². The summed E-state index contributed by atoms with van der Waals surface area (Å²) in [6.07, 6.45) is 40.9. The SMILES string of the molecule is CCCCCCCCCC/C=C\CCCCCCCCCC(=O)O[C@H](COC(=O)CCCCCCCCCCCCCCC)COP(=O)(O)OCCN. The Kier molecular flexibility index (Phi) is 39.5. The number of esters is 2. The van der Waals surface area contributed by atoms with Gasteiger partial charge in [-0.05, 0) is 38.5 Å². The van der Waals surface area contributed by atoms with Crippen LogP contribution in [0.3, 0.4) is 0 Å². The van der Waals surface area contributed by atoms with E-state index in [4.69, 9.17) is 24.3 Å². The Labute approximate surface area is 326 Å². The van der Waals surface area contributed by atoms with Crippen LogP contribution in [0.1, 0.15) is 219 Å². The highest BCUT2D eigenvalue weighted by Crippen LogP contribution is 2.43. The molecule has 10 heteroatoms. The van der Waals surface area contributed by atoms with Crippen LogP contribution >= 0.6 is 7.82 Å². The Morgan fingerprint density at radius 2 is 0.925 bits per heavy atom. The van der Waals surface area contributed by atoms with Crippen LogP contribution in [-0.2, 0) is 32.7 Å². The van der Waals surface area contributed by atoms with Gasteiger partial charge >= 0.3 is 19.8 Å². The molecular formula is C43H84NO8P. The van der Waals surface area contributed by atoms with Gasteiger partial charge in [-0.25, -0.2) is 4.57 Å². The van der Waals surface area contributed by atoms with Crippen LogP contribution in [-0.4, -0.2) is 49.3 Å². The van der Waals surface area contributed by atoms with Crippen molar-refractivity contribution in [3.05, 3.63) is 12.2 Å². The molecule has 0 bridgehead atoms. The van der Waals surface area contributed by atoms with E-state index in [-0.39, 0.29) is 38.6 Å². The summed E-state index contributed by atoms with van der Waals surface area (Å²) in [7, 11) is -4.37. The number of allylic oxidation sites excluding steroid dienone is 2. The average molecular weight is 774 g/mol. The normalized spacial score (nSPS) is 13.4. The fourth-order valence-electron chi connectivity index (χ4n) is 6.34. The Balaban J connectivity index is 4.10. The monoisotopic (exact) mass is 774 g/mol. The highest BCUT2D eigenvalue weighted by atomic mass is 31.2. The van der Waals surface area contributed by atoms with Gasteiger partial charge in [0.1, 0.15) is 6.61 Å². The molecule has 0 fully saturated rings. The maximum Gasteiger partial charge on any atom is 0.472 e. The molecule has 9 nitrogen and oxygen atoms in total. The van der Waals surface area contributed by atoms with Crippen molar-refractivity contribution >= 4 is 19.8 Å². The van der Waals surface area contributed by atoms with E-state index in [1.807, 2.05) is 0 Å². The summed E-state index contributed by atoms with van der Waals surface area (Å²) >= 11 is 0. The number of hydrogen-bond acceptors (Lipinski definition) is 8. The number of unbranched alkanes of at least 4 members (excludes halogenated alkanes) is 27. The standard InChI is InChI=1S/C43H84NO8P/c1-3-5-7-9-11-13-15-17-18-19-20-21-22-24-26-28-30-32-34-36-43(46)52-41(40-51-53(47,48)50-38-37-44)39-49-42(45)35-33-31-29-27-25-23-16-14-12-10-8-6-4-2/h19-20,41H,3-18,21-40,44H2,1-2H3,(H,47,48)/b20-19-/t41-/m1/s1. The largest absolute Gasteiger partial charge is 0.472 e. The lowest BCUT2D eigenvalue weighted by Gasteiger charge is -2.19. The van der Waals surface area contributed by atoms with Crippen molar-refractivity contribution in [2.75, 3.05) is 26.4 Å². The molecule has 314 valence electrons. The first-order valence-electron chi connectivity index (χ1n) is 22.2. The third kappa shape index (κ3) is 40.2. The van der Waals surface area contributed by atoms with Crippen molar-refractivity contribution in [2.45, 2.75) is 225 Å². The van der Waals surface area contributed by atoms with Gasteiger partial charge in [0.25, 0.3) is 0 Å². The predicted octanol–water partition coefficient (Wildman–Crippen LogP) is 12.6. The zero-order valence-electron chi connectivity index (χ0n) is 34.5. The van der Waals surface area contributed by atoms with Crippen LogP contribution in [0.4, 0.5) is 0 Å². The van der Waals surface area contributed by atoms with Gasteiger partial charge in [-0.2, -0.15) is 0 Å². The van der Waals surface area contributed by atoms with E-state index in [0.29, 0.717) is 6.42 Å². The number of carbonyl (C=O) groups is 2. The molecule has 3 N–H and O–H groups in total. The van der Waals surface area contributed by atoms with Crippen molar-refractivity contribution in [3.8, 4) is 0 Å². The Morgan fingerprint density at radius 3 is 1.34 bits per heavy atom.